The van der Waals surface area contributed by atoms with Crippen molar-refractivity contribution < 1.29 is 39.5 Å². The van der Waals surface area contributed by atoms with E-state index in [0.717, 1.165) is 43.9 Å². The highest BCUT2D eigenvalue weighted by Crippen LogP contribution is 2.13. The first-order valence-electron chi connectivity index (χ1n) is 10.8. The quantitative estimate of drug-likeness (QED) is 0.301. The van der Waals surface area contributed by atoms with E-state index >= 15 is 0 Å². The van der Waals surface area contributed by atoms with Crippen LogP contribution < -0.4 is 15.4 Å². The number of aliphatic hydroxyl groups is 2. The zero-order valence-electron chi connectivity index (χ0n) is 19.2. The van der Waals surface area contributed by atoms with Gasteiger partial charge in [-0.05, 0) is 56.6 Å². The van der Waals surface area contributed by atoms with Gasteiger partial charge in [-0.1, -0.05) is 26.0 Å². The first kappa shape index (κ1) is 28.1. The normalized spacial score (nSPS) is 16.2. The predicted molar refractivity (Wildman–Crippen MR) is 120 cm³/mol. The fourth-order valence-corrected chi connectivity index (χ4v) is 2.81. The van der Waals surface area contributed by atoms with E-state index < -0.39 is 24.1 Å². The number of likely N-dealkylation sites (tertiary alicyclic amines) is 1. The molecular formula is C22H35N3O8. The van der Waals surface area contributed by atoms with Crippen LogP contribution in [0, 0.1) is 5.92 Å². The molecule has 2 atom stereocenters. The van der Waals surface area contributed by atoms with E-state index in [1.54, 1.807) is 0 Å². The molecule has 1 aromatic rings. The Hall–Kier alpha value is -2.89. The molecule has 1 heterocycles. The monoisotopic (exact) mass is 469 g/mol. The second kappa shape index (κ2) is 14.3. The van der Waals surface area contributed by atoms with Gasteiger partial charge in [0.1, 0.15) is 5.75 Å². The number of benzene rings is 1. The van der Waals surface area contributed by atoms with E-state index in [1.165, 1.54) is 0 Å². The second-order valence-electron chi connectivity index (χ2n) is 8.32. The molecule has 33 heavy (non-hydrogen) atoms. The van der Waals surface area contributed by atoms with Crippen LogP contribution in [0.15, 0.2) is 24.3 Å². The van der Waals surface area contributed by atoms with Crippen molar-refractivity contribution in [2.24, 2.45) is 5.92 Å². The summed E-state index contributed by atoms with van der Waals surface area (Å²) in [7, 11) is 2.12. The van der Waals surface area contributed by atoms with Crippen molar-refractivity contribution in [3.63, 3.8) is 0 Å². The molecule has 1 aliphatic rings. The molecule has 1 aliphatic heterocycles. The van der Waals surface area contributed by atoms with Crippen LogP contribution in [0.3, 0.4) is 0 Å². The number of aliphatic carboxylic acids is 2. The van der Waals surface area contributed by atoms with Gasteiger partial charge in [-0.3, -0.25) is 0 Å². The standard InChI is InChI=1S/C18H29N3O2.C4H6O6/c1-14(2)13-23-17-6-4-15(5-7-17)12-19-18(22)20-16-8-10-21(3)11-9-16;5-1(3(7)8)2(6)4(9)10/h4-7,14,16H,8-13H2,1-3H3,(H2,19,20,22);1-2,5-6H,(H,7,8)(H,9,10). The molecule has 2 unspecified atom stereocenters. The molecule has 6 N–H and O–H groups in total. The fourth-order valence-electron chi connectivity index (χ4n) is 2.81. The van der Waals surface area contributed by atoms with E-state index in [9.17, 15) is 14.4 Å². The Bertz CT molecular complexity index is 731. The van der Waals surface area contributed by atoms with Crippen molar-refractivity contribution >= 4 is 18.0 Å². The summed E-state index contributed by atoms with van der Waals surface area (Å²) in [5.41, 5.74) is 1.07. The Morgan fingerprint density at radius 2 is 1.55 bits per heavy atom. The number of carboxylic acids is 2. The first-order valence-corrected chi connectivity index (χ1v) is 10.8. The van der Waals surface area contributed by atoms with Crippen LogP contribution in [-0.4, -0.2) is 88.3 Å². The zero-order valence-corrected chi connectivity index (χ0v) is 19.2. The molecule has 2 rings (SSSR count). The second-order valence-corrected chi connectivity index (χ2v) is 8.32. The minimum absolute atomic E-state index is 0.0836. The highest BCUT2D eigenvalue weighted by Gasteiger charge is 2.29. The van der Waals surface area contributed by atoms with E-state index in [4.69, 9.17) is 25.2 Å². The third kappa shape index (κ3) is 11.5. The summed E-state index contributed by atoms with van der Waals surface area (Å²) in [5.74, 6) is -2.15. The molecule has 2 amide bonds. The third-order valence-corrected chi connectivity index (χ3v) is 4.82. The van der Waals surface area contributed by atoms with E-state index in [-0.39, 0.29) is 12.1 Å². The van der Waals surface area contributed by atoms with Gasteiger partial charge in [0, 0.05) is 12.6 Å². The summed E-state index contributed by atoms with van der Waals surface area (Å²) in [6.07, 6.45) is -2.49. The van der Waals surface area contributed by atoms with Crippen LogP contribution in [0.25, 0.3) is 0 Å². The number of amides is 2. The lowest BCUT2D eigenvalue weighted by Crippen LogP contribution is -2.46. The molecule has 11 heteroatoms. The van der Waals surface area contributed by atoms with Gasteiger partial charge >= 0.3 is 18.0 Å². The summed E-state index contributed by atoms with van der Waals surface area (Å²) in [4.78, 5) is 33.8. The number of urea groups is 1. The maximum atomic E-state index is 11.9. The Kier molecular flexibility index (Phi) is 12.2. The number of carboxylic acid groups (broad SMARTS) is 2. The Balaban J connectivity index is 0.000000461. The lowest BCUT2D eigenvalue weighted by atomic mass is 10.1. The van der Waals surface area contributed by atoms with Crippen molar-refractivity contribution in [2.45, 2.75) is 51.5 Å². The zero-order chi connectivity index (χ0) is 25.0. The van der Waals surface area contributed by atoms with Crippen LogP contribution in [0.5, 0.6) is 5.75 Å². The van der Waals surface area contributed by atoms with Gasteiger partial charge in [-0.25, -0.2) is 14.4 Å². The van der Waals surface area contributed by atoms with Gasteiger partial charge in [0.15, 0.2) is 12.2 Å². The molecule has 0 bridgehead atoms. The summed E-state index contributed by atoms with van der Waals surface area (Å²) < 4.78 is 5.65. The number of nitrogens with one attached hydrogen (secondary N) is 2. The maximum Gasteiger partial charge on any atom is 0.335 e. The lowest BCUT2D eigenvalue weighted by molar-refractivity contribution is -0.165. The molecule has 11 nitrogen and oxygen atoms in total. The van der Waals surface area contributed by atoms with Crippen molar-refractivity contribution in [3.05, 3.63) is 29.8 Å². The van der Waals surface area contributed by atoms with Crippen molar-refractivity contribution in [1.82, 2.24) is 15.5 Å². The smallest absolute Gasteiger partial charge is 0.335 e. The molecular weight excluding hydrogens is 434 g/mol. The molecule has 1 fully saturated rings. The van der Waals surface area contributed by atoms with Gasteiger partial charge in [0.2, 0.25) is 0 Å². The van der Waals surface area contributed by atoms with Crippen molar-refractivity contribution in [1.29, 1.82) is 0 Å². The summed E-state index contributed by atoms with van der Waals surface area (Å²) in [6.45, 7) is 7.59. The molecule has 0 spiro atoms. The largest absolute Gasteiger partial charge is 0.493 e. The number of nitrogens with zero attached hydrogens (tertiary/aromatic N) is 1. The summed E-state index contributed by atoms with van der Waals surface area (Å²) >= 11 is 0. The van der Waals surface area contributed by atoms with Gasteiger partial charge in [-0.2, -0.15) is 0 Å². The number of ether oxygens (including phenoxy) is 1. The summed E-state index contributed by atoms with van der Waals surface area (Å²) in [5, 5.41) is 38.5. The minimum Gasteiger partial charge on any atom is -0.493 e. The van der Waals surface area contributed by atoms with Crippen LogP contribution in [-0.2, 0) is 16.1 Å². The lowest BCUT2D eigenvalue weighted by Gasteiger charge is -2.29. The van der Waals surface area contributed by atoms with Gasteiger partial charge in [0.25, 0.3) is 0 Å². The number of hydrogen-bond acceptors (Lipinski definition) is 7. The molecule has 0 radical (unpaired) electrons. The number of aliphatic hydroxyl groups excluding tert-OH is 2. The predicted octanol–water partition coefficient (Wildman–Crippen LogP) is 0.492. The van der Waals surface area contributed by atoms with Crippen LogP contribution in [0.4, 0.5) is 4.79 Å². The number of carbonyl (C=O) groups is 3. The fraction of sp³-hybridized carbons (Fsp3) is 0.591. The SMILES string of the molecule is CC(C)COc1ccc(CNC(=O)NC2CCN(C)CC2)cc1.O=C(O)C(O)C(O)C(=O)O. The van der Waals surface area contributed by atoms with E-state index in [0.29, 0.717) is 12.5 Å². The Labute approximate surface area is 193 Å². The molecule has 0 aliphatic carbocycles. The van der Waals surface area contributed by atoms with Crippen molar-refractivity contribution in [2.75, 3.05) is 26.7 Å². The summed E-state index contributed by atoms with van der Waals surface area (Å²) in [6, 6.07) is 8.09. The van der Waals surface area contributed by atoms with Gasteiger partial charge in [0.05, 0.1) is 6.61 Å². The molecule has 186 valence electrons. The van der Waals surface area contributed by atoms with Crippen LogP contribution in [0.2, 0.25) is 0 Å². The molecule has 1 aromatic carbocycles. The van der Waals surface area contributed by atoms with Crippen LogP contribution >= 0.6 is 0 Å². The topological polar surface area (TPSA) is 169 Å². The van der Waals surface area contributed by atoms with Crippen LogP contribution in [0.1, 0.15) is 32.3 Å². The molecule has 0 aromatic heterocycles. The third-order valence-electron chi connectivity index (χ3n) is 4.82. The number of piperidine rings is 1. The molecule has 1 saturated heterocycles. The minimum atomic E-state index is -2.27. The number of hydrogen-bond donors (Lipinski definition) is 6. The Morgan fingerprint density at radius 3 is 2.00 bits per heavy atom. The Morgan fingerprint density at radius 1 is 1.03 bits per heavy atom. The highest BCUT2D eigenvalue weighted by molar-refractivity contribution is 5.83. The maximum absolute atomic E-state index is 11.9. The average Bonchev–Trinajstić information content (AvgIpc) is 2.77. The number of carbonyl (C=O) groups excluding carboxylic acids is 1. The number of rotatable bonds is 9. The highest BCUT2D eigenvalue weighted by atomic mass is 16.5. The van der Waals surface area contributed by atoms with Crippen molar-refractivity contribution in [3.8, 4) is 5.75 Å². The van der Waals surface area contributed by atoms with Gasteiger partial charge in [-0.15, -0.1) is 0 Å². The van der Waals surface area contributed by atoms with Gasteiger partial charge < -0.3 is 40.7 Å². The van der Waals surface area contributed by atoms with E-state index in [2.05, 4.69) is 36.4 Å². The average molecular weight is 470 g/mol. The molecule has 0 saturated carbocycles. The first-order chi connectivity index (χ1) is 15.5. The van der Waals surface area contributed by atoms with E-state index in [1.807, 2.05) is 24.3 Å².